The lowest BCUT2D eigenvalue weighted by atomic mass is 9.92. The van der Waals surface area contributed by atoms with Gasteiger partial charge in [0.15, 0.2) is 0 Å². The Hall–Kier alpha value is -1.06. The second-order valence-corrected chi connectivity index (χ2v) is 6.60. The summed E-state index contributed by atoms with van der Waals surface area (Å²) in [6, 6.07) is 0.395. The Kier molecular flexibility index (Phi) is 5.44. The predicted molar refractivity (Wildman–Crippen MR) is 79.2 cm³/mol. The molecule has 2 rings (SSSR count). The zero-order valence-corrected chi connectivity index (χ0v) is 12.9. The highest BCUT2D eigenvalue weighted by Gasteiger charge is 2.29. The number of piperidine rings is 1. The first-order valence-corrected chi connectivity index (χ1v) is 8.17. The van der Waals surface area contributed by atoms with Crippen LogP contribution in [0, 0.1) is 11.8 Å². The van der Waals surface area contributed by atoms with Crippen molar-refractivity contribution in [3.05, 3.63) is 0 Å². The molecule has 4 heteroatoms. The van der Waals surface area contributed by atoms with E-state index in [4.69, 9.17) is 0 Å². The van der Waals surface area contributed by atoms with E-state index in [9.17, 15) is 9.59 Å². The van der Waals surface area contributed by atoms with Crippen LogP contribution in [-0.2, 0) is 9.59 Å². The lowest BCUT2D eigenvalue weighted by Gasteiger charge is -2.33. The van der Waals surface area contributed by atoms with Gasteiger partial charge in [0.25, 0.3) is 0 Å². The van der Waals surface area contributed by atoms with Gasteiger partial charge in [-0.1, -0.05) is 33.1 Å². The zero-order valence-electron chi connectivity index (χ0n) is 12.9. The van der Waals surface area contributed by atoms with Gasteiger partial charge in [-0.3, -0.25) is 9.59 Å². The van der Waals surface area contributed by atoms with E-state index in [-0.39, 0.29) is 23.7 Å². The van der Waals surface area contributed by atoms with E-state index in [1.165, 1.54) is 19.3 Å². The molecule has 0 bridgehead atoms. The average molecular weight is 280 g/mol. The topological polar surface area (TPSA) is 49.4 Å². The van der Waals surface area contributed by atoms with Gasteiger partial charge in [-0.05, 0) is 25.7 Å². The third-order valence-electron chi connectivity index (χ3n) is 4.62. The molecule has 2 aliphatic rings. The van der Waals surface area contributed by atoms with Crippen molar-refractivity contribution < 1.29 is 9.59 Å². The highest BCUT2D eigenvalue weighted by Crippen LogP contribution is 2.21. The number of carbonyl (C=O) groups is 2. The summed E-state index contributed by atoms with van der Waals surface area (Å²) in [6.45, 7) is 5.34. The van der Waals surface area contributed by atoms with Crippen molar-refractivity contribution >= 4 is 11.8 Å². The molecule has 0 aromatic carbocycles. The first kappa shape index (κ1) is 15.3. The molecule has 0 unspecified atom stereocenters. The molecule has 1 saturated carbocycles. The Morgan fingerprint density at radius 3 is 2.15 bits per heavy atom. The van der Waals surface area contributed by atoms with Crippen LogP contribution >= 0.6 is 0 Å². The van der Waals surface area contributed by atoms with E-state index in [2.05, 4.69) is 5.32 Å². The summed E-state index contributed by atoms with van der Waals surface area (Å²) < 4.78 is 0. The van der Waals surface area contributed by atoms with E-state index < -0.39 is 0 Å². The van der Waals surface area contributed by atoms with Crippen LogP contribution in [0.3, 0.4) is 0 Å². The lowest BCUT2D eigenvalue weighted by Crippen LogP contribution is -2.46. The Balaban J connectivity index is 1.75. The number of nitrogens with one attached hydrogen (secondary N) is 1. The monoisotopic (exact) mass is 280 g/mol. The van der Waals surface area contributed by atoms with Crippen LogP contribution in [0.4, 0.5) is 0 Å². The fourth-order valence-corrected chi connectivity index (χ4v) is 3.29. The Morgan fingerprint density at radius 2 is 1.60 bits per heavy atom. The average Bonchev–Trinajstić information content (AvgIpc) is 2.47. The van der Waals surface area contributed by atoms with Crippen LogP contribution < -0.4 is 5.32 Å². The van der Waals surface area contributed by atoms with Crippen molar-refractivity contribution in [1.29, 1.82) is 0 Å². The summed E-state index contributed by atoms with van der Waals surface area (Å²) in [5.41, 5.74) is 0. The molecule has 1 saturated heterocycles. The Morgan fingerprint density at radius 1 is 1.00 bits per heavy atom. The second kappa shape index (κ2) is 7.09. The van der Waals surface area contributed by atoms with Crippen molar-refractivity contribution in [2.24, 2.45) is 11.8 Å². The Labute approximate surface area is 122 Å². The molecule has 1 aliphatic carbocycles. The molecule has 0 aromatic heterocycles. The number of hydrogen-bond acceptors (Lipinski definition) is 2. The normalized spacial score (nSPS) is 22.1. The molecule has 0 radical (unpaired) electrons. The number of amides is 2. The van der Waals surface area contributed by atoms with Crippen molar-refractivity contribution in [2.75, 3.05) is 13.1 Å². The first-order chi connectivity index (χ1) is 9.58. The minimum absolute atomic E-state index is 0.0580. The minimum Gasteiger partial charge on any atom is -0.353 e. The molecule has 0 atom stereocenters. The molecule has 4 nitrogen and oxygen atoms in total. The largest absolute Gasteiger partial charge is 0.353 e. The van der Waals surface area contributed by atoms with Crippen molar-refractivity contribution in [1.82, 2.24) is 10.2 Å². The predicted octanol–water partition coefficient (Wildman–Crippen LogP) is 2.33. The SMILES string of the molecule is CC(C)C(=O)N1CCC(C(=O)NC2CCCCC2)CC1. The van der Waals surface area contributed by atoms with Crippen molar-refractivity contribution in [3.63, 3.8) is 0 Å². The molecule has 1 aliphatic heterocycles. The minimum atomic E-state index is 0.0580. The van der Waals surface area contributed by atoms with Gasteiger partial charge < -0.3 is 10.2 Å². The highest BCUT2D eigenvalue weighted by molar-refractivity contribution is 5.81. The molecule has 0 aromatic rings. The molecule has 2 amide bonds. The number of hydrogen-bond donors (Lipinski definition) is 1. The maximum Gasteiger partial charge on any atom is 0.225 e. The zero-order chi connectivity index (χ0) is 14.5. The summed E-state index contributed by atoms with van der Waals surface area (Å²) in [6.07, 6.45) is 7.70. The molecule has 1 N–H and O–H groups in total. The van der Waals surface area contributed by atoms with Gasteiger partial charge in [0, 0.05) is 31.0 Å². The summed E-state index contributed by atoms with van der Waals surface area (Å²) in [7, 11) is 0. The molecular weight excluding hydrogens is 252 g/mol. The third kappa shape index (κ3) is 3.97. The van der Waals surface area contributed by atoms with Crippen LogP contribution in [0.25, 0.3) is 0 Å². The molecule has 114 valence electrons. The number of nitrogens with zero attached hydrogens (tertiary/aromatic N) is 1. The summed E-state index contributed by atoms with van der Waals surface area (Å²) in [5, 5.41) is 3.21. The summed E-state index contributed by atoms with van der Waals surface area (Å²) in [5.74, 6) is 0.598. The highest BCUT2D eigenvalue weighted by atomic mass is 16.2. The third-order valence-corrected chi connectivity index (χ3v) is 4.62. The van der Waals surface area contributed by atoms with Gasteiger partial charge >= 0.3 is 0 Å². The van der Waals surface area contributed by atoms with Crippen LogP contribution in [0.15, 0.2) is 0 Å². The quantitative estimate of drug-likeness (QED) is 0.862. The molecule has 0 spiro atoms. The number of carbonyl (C=O) groups excluding carboxylic acids is 2. The van der Waals surface area contributed by atoms with Gasteiger partial charge in [0.2, 0.25) is 11.8 Å². The van der Waals surface area contributed by atoms with E-state index in [0.29, 0.717) is 6.04 Å². The molecule has 2 fully saturated rings. The summed E-state index contributed by atoms with van der Waals surface area (Å²) >= 11 is 0. The number of rotatable bonds is 3. The first-order valence-electron chi connectivity index (χ1n) is 8.17. The maximum atomic E-state index is 12.3. The van der Waals surface area contributed by atoms with Gasteiger partial charge in [0.1, 0.15) is 0 Å². The van der Waals surface area contributed by atoms with Gasteiger partial charge in [-0.15, -0.1) is 0 Å². The maximum absolute atomic E-state index is 12.3. The van der Waals surface area contributed by atoms with Crippen LogP contribution in [-0.4, -0.2) is 35.8 Å². The molecular formula is C16H28N2O2. The fraction of sp³-hybridized carbons (Fsp3) is 0.875. The van der Waals surface area contributed by atoms with Gasteiger partial charge in [-0.2, -0.15) is 0 Å². The standard InChI is InChI=1S/C16H28N2O2/c1-12(2)16(20)18-10-8-13(9-11-18)15(19)17-14-6-4-3-5-7-14/h12-14H,3-11H2,1-2H3,(H,17,19). The van der Waals surface area contributed by atoms with E-state index in [1.807, 2.05) is 18.7 Å². The fourth-order valence-electron chi connectivity index (χ4n) is 3.29. The van der Waals surface area contributed by atoms with E-state index in [0.717, 1.165) is 38.8 Å². The summed E-state index contributed by atoms with van der Waals surface area (Å²) in [4.78, 5) is 26.1. The van der Waals surface area contributed by atoms with Crippen molar-refractivity contribution in [3.8, 4) is 0 Å². The van der Waals surface area contributed by atoms with Crippen LogP contribution in [0.1, 0.15) is 58.8 Å². The van der Waals surface area contributed by atoms with E-state index >= 15 is 0 Å². The van der Waals surface area contributed by atoms with Gasteiger partial charge in [0.05, 0.1) is 0 Å². The molecule has 20 heavy (non-hydrogen) atoms. The van der Waals surface area contributed by atoms with Gasteiger partial charge in [-0.25, -0.2) is 0 Å². The van der Waals surface area contributed by atoms with Crippen molar-refractivity contribution in [2.45, 2.75) is 64.8 Å². The lowest BCUT2D eigenvalue weighted by molar-refractivity contribution is -0.138. The second-order valence-electron chi connectivity index (χ2n) is 6.60. The number of likely N-dealkylation sites (tertiary alicyclic amines) is 1. The van der Waals surface area contributed by atoms with Crippen LogP contribution in [0.2, 0.25) is 0 Å². The molecule has 1 heterocycles. The Bertz CT molecular complexity index is 340. The van der Waals surface area contributed by atoms with E-state index in [1.54, 1.807) is 0 Å². The van der Waals surface area contributed by atoms with Crippen LogP contribution in [0.5, 0.6) is 0 Å². The smallest absolute Gasteiger partial charge is 0.225 e.